The third kappa shape index (κ3) is 3.42. The third-order valence-electron chi connectivity index (χ3n) is 2.33. The Morgan fingerprint density at radius 1 is 1.59 bits per heavy atom. The van der Waals surface area contributed by atoms with Crippen LogP contribution in [0.25, 0.3) is 0 Å². The van der Waals surface area contributed by atoms with Gasteiger partial charge in [0.05, 0.1) is 11.9 Å². The molecule has 4 N–H and O–H groups in total. The molecule has 1 aromatic heterocycles. The van der Waals surface area contributed by atoms with E-state index in [9.17, 15) is 14.7 Å². The van der Waals surface area contributed by atoms with Crippen LogP contribution in [0.15, 0.2) is 14.7 Å². The van der Waals surface area contributed by atoms with Gasteiger partial charge in [0.25, 0.3) is 0 Å². The number of hydrogen-bond acceptors (Lipinski definition) is 6. The average Bonchev–Trinajstić information content (AvgIpc) is 2.31. The van der Waals surface area contributed by atoms with E-state index in [2.05, 4.69) is 10.1 Å². The molecule has 0 bridgehead atoms. The number of hydrogen-bond donors (Lipinski definition) is 3. The largest absolute Gasteiger partial charge is 0.395 e. The number of rotatable bonds is 5. The van der Waals surface area contributed by atoms with Crippen molar-refractivity contribution in [1.29, 1.82) is 0 Å². The summed E-state index contributed by atoms with van der Waals surface area (Å²) in [4.78, 5) is 25.8. The zero-order valence-electron chi connectivity index (χ0n) is 9.71. The van der Waals surface area contributed by atoms with Crippen molar-refractivity contribution in [2.75, 3.05) is 6.61 Å². The zero-order valence-corrected chi connectivity index (χ0v) is 10.5. The molecule has 0 radical (unpaired) electrons. The Hall–Kier alpha value is -1.12. The standard InChI is InChI=1S/C9H16N4O3S/c1-3-5(10)6(4-14)17-9-11-7(15)8(16)12-13(9)2/h5-6,14H,3-4,10H2,1-2H3,(H,12,16). The van der Waals surface area contributed by atoms with Crippen LogP contribution < -0.4 is 16.9 Å². The van der Waals surface area contributed by atoms with Gasteiger partial charge in [-0.3, -0.25) is 19.4 Å². The van der Waals surface area contributed by atoms with Crippen molar-refractivity contribution in [3.8, 4) is 0 Å². The molecule has 0 aliphatic rings. The Kier molecular flexibility index (Phi) is 4.91. The second-order valence-corrected chi connectivity index (χ2v) is 4.82. The van der Waals surface area contributed by atoms with Crippen molar-refractivity contribution in [2.45, 2.75) is 29.8 Å². The SMILES string of the molecule is CCC(N)C(CO)Sc1nc(=O)c(=O)[nH]n1C. The molecule has 2 unspecified atom stereocenters. The number of nitrogens with zero attached hydrogens (tertiary/aromatic N) is 2. The first-order chi connectivity index (χ1) is 7.99. The van der Waals surface area contributed by atoms with Gasteiger partial charge in [-0.2, -0.15) is 4.98 Å². The predicted octanol–water partition coefficient (Wildman–Crippen LogP) is -1.34. The van der Waals surface area contributed by atoms with E-state index in [1.165, 1.54) is 16.4 Å². The molecule has 8 heteroatoms. The minimum atomic E-state index is -0.840. The van der Waals surface area contributed by atoms with Gasteiger partial charge in [0.2, 0.25) is 0 Å². The van der Waals surface area contributed by atoms with Crippen molar-refractivity contribution >= 4 is 11.8 Å². The van der Waals surface area contributed by atoms with Crippen LogP contribution in [0.1, 0.15) is 13.3 Å². The van der Waals surface area contributed by atoms with E-state index >= 15 is 0 Å². The van der Waals surface area contributed by atoms with Gasteiger partial charge in [0, 0.05) is 13.1 Å². The molecule has 0 aliphatic carbocycles. The van der Waals surface area contributed by atoms with Gasteiger partial charge in [-0.15, -0.1) is 0 Å². The van der Waals surface area contributed by atoms with Crippen molar-refractivity contribution in [3.63, 3.8) is 0 Å². The quantitative estimate of drug-likeness (QED) is 0.446. The summed E-state index contributed by atoms with van der Waals surface area (Å²) in [6, 6.07) is -0.200. The van der Waals surface area contributed by atoms with Crippen LogP contribution in [0.5, 0.6) is 0 Å². The Balaban J connectivity index is 2.98. The summed E-state index contributed by atoms with van der Waals surface area (Å²) in [5, 5.41) is 11.6. The van der Waals surface area contributed by atoms with Crippen LogP contribution in [-0.2, 0) is 7.05 Å². The van der Waals surface area contributed by atoms with Crippen molar-refractivity contribution in [3.05, 3.63) is 20.7 Å². The summed E-state index contributed by atoms with van der Waals surface area (Å²) in [5.41, 5.74) is 4.22. The Morgan fingerprint density at radius 3 is 2.76 bits per heavy atom. The van der Waals surface area contributed by atoms with Crippen LogP contribution in [0, 0.1) is 0 Å². The lowest BCUT2D eigenvalue weighted by Crippen LogP contribution is -2.37. The normalized spacial score (nSPS) is 14.6. The molecule has 1 rings (SSSR count). The summed E-state index contributed by atoms with van der Waals surface area (Å²) in [6.45, 7) is 1.79. The lowest BCUT2D eigenvalue weighted by atomic mass is 10.2. The maximum Gasteiger partial charge on any atom is 0.339 e. The second kappa shape index (κ2) is 5.99. The molecule has 0 aromatic carbocycles. The van der Waals surface area contributed by atoms with E-state index in [4.69, 9.17) is 5.73 Å². The number of H-pyrrole nitrogens is 1. The lowest BCUT2D eigenvalue weighted by molar-refractivity contribution is 0.280. The highest BCUT2D eigenvalue weighted by Crippen LogP contribution is 2.21. The fourth-order valence-corrected chi connectivity index (χ4v) is 2.28. The first-order valence-electron chi connectivity index (χ1n) is 5.20. The molecule has 96 valence electrons. The monoisotopic (exact) mass is 260 g/mol. The van der Waals surface area contributed by atoms with Gasteiger partial charge < -0.3 is 10.8 Å². The summed E-state index contributed by atoms with van der Waals surface area (Å²) in [5.74, 6) is 0. The molecular weight excluding hydrogens is 244 g/mol. The molecule has 1 aromatic rings. The molecule has 0 fully saturated rings. The van der Waals surface area contributed by atoms with Gasteiger partial charge in [-0.25, -0.2) is 0 Å². The van der Waals surface area contributed by atoms with Crippen molar-refractivity contribution in [2.24, 2.45) is 12.8 Å². The maximum atomic E-state index is 11.1. The molecule has 17 heavy (non-hydrogen) atoms. The summed E-state index contributed by atoms with van der Waals surface area (Å²) < 4.78 is 1.35. The smallest absolute Gasteiger partial charge is 0.339 e. The fraction of sp³-hybridized carbons (Fsp3) is 0.667. The van der Waals surface area contributed by atoms with Crippen LogP contribution in [0.2, 0.25) is 0 Å². The average molecular weight is 260 g/mol. The van der Waals surface area contributed by atoms with Gasteiger partial charge in [-0.1, -0.05) is 18.7 Å². The highest BCUT2D eigenvalue weighted by molar-refractivity contribution is 7.99. The molecule has 2 atom stereocenters. The molecule has 0 amide bonds. The second-order valence-electron chi connectivity index (χ2n) is 3.61. The van der Waals surface area contributed by atoms with Gasteiger partial charge in [0.1, 0.15) is 0 Å². The first-order valence-corrected chi connectivity index (χ1v) is 6.08. The van der Waals surface area contributed by atoms with Gasteiger partial charge in [-0.05, 0) is 6.42 Å². The van der Waals surface area contributed by atoms with Crippen LogP contribution in [-0.4, -0.2) is 37.8 Å². The number of aliphatic hydroxyl groups is 1. The Morgan fingerprint density at radius 2 is 2.24 bits per heavy atom. The topological polar surface area (TPSA) is 114 Å². The number of aliphatic hydroxyl groups excluding tert-OH is 1. The lowest BCUT2D eigenvalue weighted by Gasteiger charge is -2.20. The number of nitrogens with two attached hydrogens (primary N) is 1. The highest BCUT2D eigenvalue weighted by Gasteiger charge is 2.19. The Bertz CT molecular complexity index is 484. The van der Waals surface area contributed by atoms with E-state index in [0.717, 1.165) is 0 Å². The van der Waals surface area contributed by atoms with E-state index in [-0.39, 0.29) is 17.9 Å². The number of thioether (sulfide) groups is 1. The summed E-state index contributed by atoms with van der Waals surface area (Å²) in [7, 11) is 1.57. The molecule has 0 saturated carbocycles. The predicted molar refractivity (Wildman–Crippen MR) is 65.1 cm³/mol. The van der Waals surface area contributed by atoms with Crippen LogP contribution in [0.4, 0.5) is 0 Å². The highest BCUT2D eigenvalue weighted by atomic mass is 32.2. The number of aromatic amines is 1. The number of aryl methyl sites for hydroxylation is 1. The summed E-state index contributed by atoms with van der Waals surface area (Å²) in [6.07, 6.45) is 0.704. The van der Waals surface area contributed by atoms with Gasteiger partial charge >= 0.3 is 11.1 Å². The van der Waals surface area contributed by atoms with E-state index in [1.807, 2.05) is 6.92 Å². The number of aromatic nitrogens is 3. The van der Waals surface area contributed by atoms with Crippen molar-refractivity contribution in [1.82, 2.24) is 14.8 Å². The first kappa shape index (κ1) is 13.9. The third-order valence-corrected chi connectivity index (χ3v) is 3.71. The van der Waals surface area contributed by atoms with E-state index in [0.29, 0.717) is 11.6 Å². The minimum Gasteiger partial charge on any atom is -0.395 e. The number of nitrogens with one attached hydrogen (secondary N) is 1. The van der Waals surface area contributed by atoms with Gasteiger partial charge in [0.15, 0.2) is 5.16 Å². The fourth-order valence-electron chi connectivity index (χ4n) is 1.22. The van der Waals surface area contributed by atoms with Crippen LogP contribution in [0.3, 0.4) is 0 Å². The van der Waals surface area contributed by atoms with Crippen molar-refractivity contribution < 1.29 is 5.11 Å². The maximum absolute atomic E-state index is 11.1. The van der Waals surface area contributed by atoms with Crippen LogP contribution >= 0.6 is 11.8 Å². The minimum absolute atomic E-state index is 0.116. The molecular formula is C9H16N4O3S. The molecule has 7 nitrogen and oxygen atoms in total. The zero-order chi connectivity index (χ0) is 13.0. The van der Waals surface area contributed by atoms with E-state index < -0.39 is 11.1 Å². The summed E-state index contributed by atoms with van der Waals surface area (Å²) >= 11 is 1.18. The molecule has 0 saturated heterocycles. The molecule has 0 aliphatic heterocycles. The molecule has 1 heterocycles. The van der Waals surface area contributed by atoms with E-state index in [1.54, 1.807) is 7.05 Å². The molecule has 0 spiro atoms. The Labute approximate surface area is 102 Å².